The zero-order valence-corrected chi connectivity index (χ0v) is 16.1. The van der Waals surface area contributed by atoms with Crippen molar-refractivity contribution in [3.8, 4) is 0 Å². The molecule has 2 fully saturated rings. The van der Waals surface area contributed by atoms with Crippen molar-refractivity contribution < 1.29 is 28.8 Å². The highest BCUT2D eigenvalue weighted by Crippen LogP contribution is 2.35. The van der Waals surface area contributed by atoms with Gasteiger partial charge in [0.15, 0.2) is 12.6 Å². The molecule has 2 saturated heterocycles. The van der Waals surface area contributed by atoms with E-state index < -0.39 is 37.0 Å². The van der Waals surface area contributed by atoms with Crippen molar-refractivity contribution in [2.24, 2.45) is 0 Å². The molecule has 2 aromatic rings. The minimum atomic E-state index is -0.928. The molecule has 6 nitrogen and oxygen atoms in total. The van der Waals surface area contributed by atoms with Crippen molar-refractivity contribution in [1.29, 1.82) is 0 Å². The van der Waals surface area contributed by atoms with Gasteiger partial charge in [-0.25, -0.2) is 0 Å². The largest absolute Gasteiger partial charge is 0.387 e. The molecule has 6 heteroatoms. The van der Waals surface area contributed by atoms with Crippen molar-refractivity contribution in [1.82, 2.24) is 0 Å². The highest BCUT2D eigenvalue weighted by molar-refractivity contribution is 5.17. The van der Waals surface area contributed by atoms with E-state index in [9.17, 15) is 5.11 Å². The summed E-state index contributed by atoms with van der Waals surface area (Å²) in [6, 6.07) is 19.4. The highest BCUT2D eigenvalue weighted by Gasteiger charge is 2.50. The summed E-state index contributed by atoms with van der Waals surface area (Å²) in [6.45, 7) is 4.58. The SMILES string of the molecule is C=CCO[C@H]1OC2COC(c3ccccc3)O[C@H]2C(O)C1OCc1ccccc1. The van der Waals surface area contributed by atoms with Crippen LogP contribution in [0.2, 0.25) is 0 Å². The smallest absolute Gasteiger partial charge is 0.187 e. The number of benzene rings is 2. The van der Waals surface area contributed by atoms with Gasteiger partial charge in [-0.1, -0.05) is 66.7 Å². The molecule has 0 aliphatic carbocycles. The molecule has 2 aliphatic heterocycles. The Morgan fingerprint density at radius 3 is 2.45 bits per heavy atom. The van der Waals surface area contributed by atoms with Crippen LogP contribution in [-0.2, 0) is 30.3 Å². The number of aliphatic hydroxyl groups excluding tert-OH is 1. The molecule has 0 saturated carbocycles. The summed E-state index contributed by atoms with van der Waals surface area (Å²) in [5, 5.41) is 11.1. The summed E-state index contributed by atoms with van der Waals surface area (Å²) >= 11 is 0. The Hall–Kier alpha value is -2.06. The molecule has 1 N–H and O–H groups in total. The first-order valence-corrected chi connectivity index (χ1v) is 9.80. The van der Waals surface area contributed by atoms with E-state index in [2.05, 4.69) is 6.58 Å². The lowest BCUT2D eigenvalue weighted by atomic mass is 9.97. The monoisotopic (exact) mass is 398 g/mol. The summed E-state index contributed by atoms with van der Waals surface area (Å²) in [5.74, 6) is 0. The fraction of sp³-hybridized carbons (Fsp3) is 0.391. The van der Waals surface area contributed by atoms with Gasteiger partial charge in [-0.05, 0) is 5.56 Å². The third-order valence-electron chi connectivity index (χ3n) is 5.04. The van der Waals surface area contributed by atoms with Gasteiger partial charge in [0.25, 0.3) is 0 Å². The fourth-order valence-corrected chi connectivity index (χ4v) is 3.59. The molecule has 4 unspecified atom stereocenters. The Bertz CT molecular complexity index is 767. The first kappa shape index (κ1) is 20.2. The molecule has 154 valence electrons. The number of hydrogen-bond donors (Lipinski definition) is 1. The van der Waals surface area contributed by atoms with Crippen LogP contribution in [0.1, 0.15) is 17.4 Å². The molecule has 2 aromatic carbocycles. The lowest BCUT2D eigenvalue weighted by molar-refractivity contribution is -0.365. The zero-order chi connectivity index (χ0) is 20.1. The van der Waals surface area contributed by atoms with Crippen molar-refractivity contribution >= 4 is 0 Å². The van der Waals surface area contributed by atoms with Gasteiger partial charge in [0, 0.05) is 5.56 Å². The molecular formula is C23H26O6. The van der Waals surface area contributed by atoms with Gasteiger partial charge in [0.05, 0.1) is 19.8 Å². The third-order valence-corrected chi connectivity index (χ3v) is 5.04. The molecule has 29 heavy (non-hydrogen) atoms. The number of ether oxygens (including phenoxy) is 5. The van der Waals surface area contributed by atoms with E-state index in [1.807, 2.05) is 60.7 Å². The second-order valence-corrected chi connectivity index (χ2v) is 7.09. The first-order valence-electron chi connectivity index (χ1n) is 9.80. The Balaban J connectivity index is 1.48. The number of aliphatic hydroxyl groups is 1. The van der Waals surface area contributed by atoms with E-state index in [4.69, 9.17) is 23.7 Å². The van der Waals surface area contributed by atoms with Crippen molar-refractivity contribution in [3.05, 3.63) is 84.4 Å². The maximum Gasteiger partial charge on any atom is 0.187 e. The van der Waals surface area contributed by atoms with Crippen LogP contribution in [0.3, 0.4) is 0 Å². The van der Waals surface area contributed by atoms with Crippen LogP contribution in [0.25, 0.3) is 0 Å². The normalized spacial score (nSPS) is 31.8. The van der Waals surface area contributed by atoms with Crippen molar-refractivity contribution in [2.45, 2.75) is 43.6 Å². The van der Waals surface area contributed by atoms with Crippen LogP contribution in [0.5, 0.6) is 0 Å². The summed E-state index contributed by atoms with van der Waals surface area (Å²) in [7, 11) is 0. The Morgan fingerprint density at radius 2 is 1.72 bits per heavy atom. The molecule has 4 rings (SSSR count). The van der Waals surface area contributed by atoms with Crippen LogP contribution in [0.15, 0.2) is 73.3 Å². The Morgan fingerprint density at radius 1 is 1.00 bits per heavy atom. The molecule has 0 spiro atoms. The molecular weight excluding hydrogens is 372 g/mol. The van der Waals surface area contributed by atoms with Crippen molar-refractivity contribution in [2.75, 3.05) is 13.2 Å². The molecule has 0 amide bonds. The lowest BCUT2D eigenvalue weighted by Gasteiger charge is -2.47. The predicted molar refractivity (Wildman–Crippen MR) is 106 cm³/mol. The van der Waals surface area contributed by atoms with E-state index in [0.717, 1.165) is 11.1 Å². The molecule has 0 radical (unpaired) electrons. The molecule has 6 atom stereocenters. The van der Waals surface area contributed by atoms with Gasteiger partial charge in [-0.3, -0.25) is 0 Å². The number of rotatable bonds is 7. The van der Waals surface area contributed by atoms with E-state index >= 15 is 0 Å². The van der Waals surface area contributed by atoms with Crippen LogP contribution in [0, 0.1) is 0 Å². The minimum absolute atomic E-state index is 0.286. The van der Waals surface area contributed by atoms with Crippen LogP contribution in [-0.4, -0.2) is 49.0 Å². The van der Waals surface area contributed by atoms with Crippen molar-refractivity contribution in [3.63, 3.8) is 0 Å². The second-order valence-electron chi connectivity index (χ2n) is 7.09. The average Bonchev–Trinajstić information content (AvgIpc) is 2.78. The van der Waals surface area contributed by atoms with Gasteiger partial charge in [-0.2, -0.15) is 0 Å². The van der Waals surface area contributed by atoms with E-state index in [0.29, 0.717) is 13.2 Å². The van der Waals surface area contributed by atoms with E-state index in [-0.39, 0.29) is 6.61 Å². The summed E-state index contributed by atoms with van der Waals surface area (Å²) < 4.78 is 29.7. The minimum Gasteiger partial charge on any atom is -0.387 e. The maximum atomic E-state index is 11.1. The van der Waals surface area contributed by atoms with Gasteiger partial charge < -0.3 is 28.8 Å². The zero-order valence-electron chi connectivity index (χ0n) is 16.1. The standard InChI is InChI=1S/C23H26O6/c1-2-13-25-23-21(26-14-16-9-5-3-6-10-16)19(24)20-18(28-23)15-27-22(29-20)17-11-7-4-8-12-17/h2-12,18-24H,1,13-15H2/t18?,19?,20-,21?,22?,23+/m1/s1. The number of hydrogen-bond acceptors (Lipinski definition) is 6. The molecule has 0 bridgehead atoms. The maximum absolute atomic E-state index is 11.1. The van der Waals surface area contributed by atoms with Gasteiger partial charge in [-0.15, -0.1) is 6.58 Å². The van der Waals surface area contributed by atoms with Gasteiger partial charge >= 0.3 is 0 Å². The molecule has 0 aromatic heterocycles. The van der Waals surface area contributed by atoms with E-state index in [1.165, 1.54) is 0 Å². The Kier molecular flexibility index (Phi) is 6.71. The van der Waals surface area contributed by atoms with Gasteiger partial charge in [0.2, 0.25) is 0 Å². The molecule has 2 heterocycles. The second kappa shape index (κ2) is 9.63. The first-order chi connectivity index (χ1) is 14.3. The topological polar surface area (TPSA) is 66.4 Å². The summed E-state index contributed by atoms with van der Waals surface area (Å²) in [4.78, 5) is 0. The summed E-state index contributed by atoms with van der Waals surface area (Å²) in [5.41, 5.74) is 1.89. The predicted octanol–water partition coefficient (Wildman–Crippen LogP) is 2.97. The van der Waals surface area contributed by atoms with Crippen LogP contribution < -0.4 is 0 Å². The quantitative estimate of drug-likeness (QED) is 0.724. The van der Waals surface area contributed by atoms with Crippen LogP contribution in [0.4, 0.5) is 0 Å². The van der Waals surface area contributed by atoms with E-state index in [1.54, 1.807) is 6.08 Å². The van der Waals surface area contributed by atoms with Gasteiger partial charge in [0.1, 0.15) is 24.4 Å². The number of fused-ring (bicyclic) bond motifs is 1. The third kappa shape index (κ3) is 4.75. The molecule has 2 aliphatic rings. The lowest BCUT2D eigenvalue weighted by Crippen LogP contribution is -2.62. The summed E-state index contributed by atoms with van der Waals surface area (Å²) in [6.07, 6.45) is -2.33. The Labute approximate surface area is 170 Å². The van der Waals surface area contributed by atoms with Crippen LogP contribution >= 0.6 is 0 Å². The fourth-order valence-electron chi connectivity index (χ4n) is 3.59. The highest BCUT2D eigenvalue weighted by atomic mass is 16.8. The average molecular weight is 398 g/mol.